The molecule has 0 bridgehead atoms. The molecule has 0 heterocycles. The van der Waals surface area contributed by atoms with Crippen LogP contribution in [0.3, 0.4) is 0 Å². The van der Waals surface area contributed by atoms with E-state index in [2.05, 4.69) is 21.2 Å². The normalized spacial score (nSPS) is 12.0. The minimum atomic E-state index is -0.478. The lowest BCUT2D eigenvalue weighted by Gasteiger charge is -2.19. The van der Waals surface area contributed by atoms with Crippen LogP contribution >= 0.6 is 15.9 Å². The first-order valence-electron chi connectivity index (χ1n) is 7.35. The second kappa shape index (κ2) is 8.83. The van der Waals surface area contributed by atoms with Gasteiger partial charge in [-0.05, 0) is 30.5 Å². The van der Waals surface area contributed by atoms with Gasteiger partial charge in [-0.3, -0.25) is 14.4 Å². The average molecular weight is 368 g/mol. The predicted molar refractivity (Wildman–Crippen MR) is 89.5 cm³/mol. The third kappa shape index (κ3) is 6.52. The number of hydrogen-bond donors (Lipinski definition) is 1. The third-order valence-corrected chi connectivity index (χ3v) is 3.90. The van der Waals surface area contributed by atoms with Gasteiger partial charge < -0.3 is 5.32 Å². The van der Waals surface area contributed by atoms with E-state index in [-0.39, 0.29) is 36.2 Å². The molecule has 1 atom stereocenters. The van der Waals surface area contributed by atoms with Crippen LogP contribution in [0.25, 0.3) is 0 Å². The van der Waals surface area contributed by atoms with Gasteiger partial charge in [0.1, 0.15) is 5.78 Å². The van der Waals surface area contributed by atoms with Crippen LogP contribution in [-0.4, -0.2) is 23.5 Å². The Morgan fingerprint density at radius 2 is 1.68 bits per heavy atom. The average Bonchev–Trinajstić information content (AvgIpc) is 2.44. The summed E-state index contributed by atoms with van der Waals surface area (Å²) < 4.78 is 0.965. The first-order chi connectivity index (χ1) is 10.3. The molecule has 0 radical (unpaired) electrons. The lowest BCUT2D eigenvalue weighted by molar-refractivity contribution is -0.129. The molecule has 22 heavy (non-hydrogen) atoms. The molecule has 0 saturated carbocycles. The van der Waals surface area contributed by atoms with Crippen molar-refractivity contribution in [2.24, 2.45) is 5.92 Å². The fourth-order valence-corrected chi connectivity index (χ4v) is 2.42. The van der Waals surface area contributed by atoms with Gasteiger partial charge in [0, 0.05) is 23.7 Å². The molecular formula is C17H22BrNO3. The highest BCUT2D eigenvalue weighted by molar-refractivity contribution is 9.10. The number of ketones is 2. The summed E-state index contributed by atoms with van der Waals surface area (Å²) in [6.45, 7) is 5.22. The van der Waals surface area contributed by atoms with Crippen molar-refractivity contribution >= 4 is 33.4 Å². The van der Waals surface area contributed by atoms with E-state index in [1.807, 2.05) is 38.1 Å². The number of nitrogens with one attached hydrogen (secondary N) is 1. The first-order valence-corrected chi connectivity index (χ1v) is 8.15. The maximum absolute atomic E-state index is 11.9. The molecule has 0 fully saturated rings. The van der Waals surface area contributed by atoms with Crippen LogP contribution in [0.5, 0.6) is 0 Å². The van der Waals surface area contributed by atoms with Crippen LogP contribution in [0, 0.1) is 5.92 Å². The maximum Gasteiger partial charge on any atom is 0.221 e. The number of amides is 1. The van der Waals surface area contributed by atoms with Crippen LogP contribution in [-0.2, 0) is 20.8 Å². The predicted octanol–water partition coefficient (Wildman–Crippen LogP) is 3.07. The van der Waals surface area contributed by atoms with Crippen LogP contribution < -0.4 is 5.32 Å². The van der Waals surface area contributed by atoms with E-state index < -0.39 is 6.04 Å². The standard InChI is InChI=1S/C17H22BrNO3/c1-11(2)17(12(3)20)19-16(22)9-8-15(21)10-13-4-6-14(18)7-5-13/h4-7,11,17H,8-10H2,1-3H3,(H,19,22)/t17-/m0/s1. The molecule has 0 spiro atoms. The summed E-state index contributed by atoms with van der Waals surface area (Å²) in [6, 6.07) is 7.05. The molecule has 1 amide bonds. The maximum atomic E-state index is 11.9. The molecule has 0 unspecified atom stereocenters. The molecule has 5 heteroatoms. The smallest absolute Gasteiger partial charge is 0.221 e. The lowest BCUT2D eigenvalue weighted by Crippen LogP contribution is -2.43. The Morgan fingerprint density at radius 1 is 1.09 bits per heavy atom. The van der Waals surface area contributed by atoms with Crippen molar-refractivity contribution in [3.05, 3.63) is 34.3 Å². The number of Topliss-reactive ketones (excluding diaryl/α,β-unsaturated/α-hetero) is 2. The zero-order valence-corrected chi connectivity index (χ0v) is 14.8. The fourth-order valence-electron chi connectivity index (χ4n) is 2.15. The van der Waals surface area contributed by atoms with Crippen molar-refractivity contribution in [3.8, 4) is 0 Å². The second-order valence-corrected chi connectivity index (χ2v) is 6.66. The number of rotatable bonds is 8. The van der Waals surface area contributed by atoms with E-state index in [0.717, 1.165) is 10.0 Å². The molecule has 1 aromatic carbocycles. The van der Waals surface area contributed by atoms with Crippen molar-refractivity contribution in [1.82, 2.24) is 5.32 Å². The highest BCUT2D eigenvalue weighted by atomic mass is 79.9. The van der Waals surface area contributed by atoms with Crippen LogP contribution in [0.4, 0.5) is 0 Å². The Balaban J connectivity index is 2.41. The molecule has 0 aliphatic rings. The Hall–Kier alpha value is -1.49. The quantitative estimate of drug-likeness (QED) is 0.767. The molecule has 0 saturated heterocycles. The van der Waals surface area contributed by atoms with E-state index in [1.165, 1.54) is 6.92 Å². The highest BCUT2D eigenvalue weighted by Crippen LogP contribution is 2.12. The van der Waals surface area contributed by atoms with Crippen molar-refractivity contribution in [2.45, 2.75) is 46.1 Å². The number of halogens is 1. The van der Waals surface area contributed by atoms with Crippen molar-refractivity contribution < 1.29 is 14.4 Å². The third-order valence-electron chi connectivity index (χ3n) is 3.37. The Kier molecular flexibility index (Phi) is 7.45. The van der Waals surface area contributed by atoms with Gasteiger partial charge in [-0.25, -0.2) is 0 Å². The molecule has 120 valence electrons. The molecular weight excluding hydrogens is 346 g/mol. The Morgan fingerprint density at radius 3 is 2.18 bits per heavy atom. The number of benzene rings is 1. The minimum absolute atomic E-state index is 0.0152. The summed E-state index contributed by atoms with van der Waals surface area (Å²) in [4.78, 5) is 35.2. The summed E-state index contributed by atoms with van der Waals surface area (Å²) in [5.74, 6) is -0.260. The minimum Gasteiger partial charge on any atom is -0.346 e. The van der Waals surface area contributed by atoms with Gasteiger partial charge in [0.2, 0.25) is 5.91 Å². The molecule has 0 aliphatic carbocycles. The van der Waals surface area contributed by atoms with E-state index in [9.17, 15) is 14.4 Å². The first kappa shape index (κ1) is 18.6. The summed E-state index contributed by atoms with van der Waals surface area (Å²) in [7, 11) is 0. The lowest BCUT2D eigenvalue weighted by atomic mass is 10.00. The van der Waals surface area contributed by atoms with Gasteiger partial charge >= 0.3 is 0 Å². The van der Waals surface area contributed by atoms with Gasteiger partial charge in [0.05, 0.1) is 6.04 Å². The summed E-state index contributed by atoms with van der Waals surface area (Å²) in [5, 5.41) is 2.70. The zero-order chi connectivity index (χ0) is 16.7. The van der Waals surface area contributed by atoms with Gasteiger partial charge in [0.25, 0.3) is 0 Å². The van der Waals surface area contributed by atoms with Crippen molar-refractivity contribution in [3.63, 3.8) is 0 Å². The number of hydrogen-bond acceptors (Lipinski definition) is 3. The monoisotopic (exact) mass is 367 g/mol. The SMILES string of the molecule is CC(=O)[C@@H](NC(=O)CCC(=O)Cc1ccc(Br)cc1)C(C)C. The number of carbonyl (C=O) groups excluding carboxylic acids is 3. The topological polar surface area (TPSA) is 63.2 Å². The molecule has 1 rings (SSSR count). The van der Waals surface area contributed by atoms with Crippen molar-refractivity contribution in [1.29, 1.82) is 0 Å². The van der Waals surface area contributed by atoms with E-state index in [1.54, 1.807) is 0 Å². The van der Waals surface area contributed by atoms with E-state index in [4.69, 9.17) is 0 Å². The Labute approximate surface area is 139 Å². The largest absolute Gasteiger partial charge is 0.346 e. The van der Waals surface area contributed by atoms with E-state index in [0.29, 0.717) is 6.42 Å². The van der Waals surface area contributed by atoms with Gasteiger partial charge in [-0.1, -0.05) is 41.9 Å². The van der Waals surface area contributed by atoms with Crippen LogP contribution in [0.15, 0.2) is 28.7 Å². The molecule has 1 N–H and O–H groups in total. The van der Waals surface area contributed by atoms with E-state index >= 15 is 0 Å². The summed E-state index contributed by atoms with van der Waals surface area (Å²) in [5.41, 5.74) is 0.928. The van der Waals surface area contributed by atoms with Crippen molar-refractivity contribution in [2.75, 3.05) is 0 Å². The van der Waals surface area contributed by atoms with Crippen LogP contribution in [0.1, 0.15) is 39.2 Å². The highest BCUT2D eigenvalue weighted by Gasteiger charge is 2.20. The summed E-state index contributed by atoms with van der Waals surface area (Å²) in [6.07, 6.45) is 0.622. The summed E-state index contributed by atoms with van der Waals surface area (Å²) >= 11 is 3.34. The van der Waals surface area contributed by atoms with Gasteiger partial charge in [-0.2, -0.15) is 0 Å². The number of carbonyl (C=O) groups is 3. The second-order valence-electron chi connectivity index (χ2n) is 5.74. The Bertz CT molecular complexity index is 537. The fraction of sp³-hybridized carbons (Fsp3) is 0.471. The molecule has 0 aliphatic heterocycles. The molecule has 4 nitrogen and oxygen atoms in total. The van der Waals surface area contributed by atoms with Crippen LogP contribution in [0.2, 0.25) is 0 Å². The zero-order valence-electron chi connectivity index (χ0n) is 13.2. The van der Waals surface area contributed by atoms with Gasteiger partial charge in [0.15, 0.2) is 5.78 Å². The van der Waals surface area contributed by atoms with Gasteiger partial charge in [-0.15, -0.1) is 0 Å². The molecule has 0 aromatic heterocycles. The molecule has 1 aromatic rings.